The molecule has 25 heavy (non-hydrogen) atoms. The standard InChI is InChI=1S/C19H29N3O3/c1-12(2)16(19(25)21-11-10-20-17(23)13(3)4)22-18(24)15-9-7-6-8-14(15)5/h6-9,12-13,16H,10-11H2,1-5H3,(H,20,23)(H,21,25)(H,22,24). The van der Waals surface area contributed by atoms with Crippen LogP contribution in [0.4, 0.5) is 0 Å². The Labute approximate surface area is 149 Å². The van der Waals surface area contributed by atoms with E-state index in [1.807, 2.05) is 46.8 Å². The lowest BCUT2D eigenvalue weighted by atomic mass is 10.0. The van der Waals surface area contributed by atoms with Crippen molar-refractivity contribution in [3.8, 4) is 0 Å². The summed E-state index contributed by atoms with van der Waals surface area (Å²) in [5.41, 5.74) is 1.42. The normalized spacial score (nSPS) is 12.0. The van der Waals surface area contributed by atoms with E-state index in [9.17, 15) is 14.4 Å². The Bertz CT molecular complexity index is 612. The molecule has 6 heteroatoms. The van der Waals surface area contributed by atoms with Gasteiger partial charge in [-0.3, -0.25) is 14.4 Å². The molecule has 1 unspecified atom stereocenters. The number of benzene rings is 1. The first-order valence-electron chi connectivity index (χ1n) is 8.66. The maximum atomic E-state index is 12.4. The second-order valence-corrected chi connectivity index (χ2v) is 6.75. The molecule has 0 saturated heterocycles. The number of carbonyl (C=O) groups is 3. The lowest BCUT2D eigenvalue weighted by Gasteiger charge is -2.22. The molecule has 0 bridgehead atoms. The molecule has 1 aromatic carbocycles. The third-order valence-electron chi connectivity index (χ3n) is 3.87. The summed E-state index contributed by atoms with van der Waals surface area (Å²) in [4.78, 5) is 36.3. The molecule has 1 atom stereocenters. The number of rotatable bonds is 8. The van der Waals surface area contributed by atoms with Crippen LogP contribution in [0, 0.1) is 18.8 Å². The fourth-order valence-electron chi connectivity index (χ4n) is 2.27. The van der Waals surface area contributed by atoms with Crippen LogP contribution in [-0.2, 0) is 9.59 Å². The first kappa shape index (κ1) is 20.7. The second-order valence-electron chi connectivity index (χ2n) is 6.75. The van der Waals surface area contributed by atoms with Crippen LogP contribution in [0.3, 0.4) is 0 Å². The van der Waals surface area contributed by atoms with E-state index in [0.717, 1.165) is 5.56 Å². The van der Waals surface area contributed by atoms with Gasteiger partial charge in [0, 0.05) is 24.6 Å². The van der Waals surface area contributed by atoms with Crippen molar-refractivity contribution in [1.29, 1.82) is 0 Å². The number of aryl methyl sites for hydroxylation is 1. The molecule has 138 valence electrons. The third kappa shape index (κ3) is 6.57. The van der Waals surface area contributed by atoms with Crippen LogP contribution in [0.1, 0.15) is 43.6 Å². The number of hydrogen-bond acceptors (Lipinski definition) is 3. The highest BCUT2D eigenvalue weighted by Crippen LogP contribution is 2.09. The summed E-state index contributed by atoms with van der Waals surface area (Å²) in [5.74, 6) is -0.718. The molecule has 0 spiro atoms. The first-order chi connectivity index (χ1) is 11.7. The molecule has 0 radical (unpaired) electrons. The zero-order chi connectivity index (χ0) is 19.0. The average Bonchev–Trinajstić information content (AvgIpc) is 2.55. The molecule has 3 amide bonds. The molecule has 0 fully saturated rings. The lowest BCUT2D eigenvalue weighted by molar-refractivity contribution is -0.125. The highest BCUT2D eigenvalue weighted by Gasteiger charge is 2.24. The minimum atomic E-state index is -0.632. The fourth-order valence-corrected chi connectivity index (χ4v) is 2.27. The van der Waals surface area contributed by atoms with Gasteiger partial charge in [0.05, 0.1) is 0 Å². The van der Waals surface area contributed by atoms with Gasteiger partial charge in [-0.2, -0.15) is 0 Å². The summed E-state index contributed by atoms with van der Waals surface area (Å²) in [6, 6.07) is 6.62. The molecule has 3 N–H and O–H groups in total. The highest BCUT2D eigenvalue weighted by molar-refractivity contribution is 5.98. The topological polar surface area (TPSA) is 87.3 Å². The quantitative estimate of drug-likeness (QED) is 0.625. The minimum absolute atomic E-state index is 0.0532. The van der Waals surface area contributed by atoms with E-state index in [-0.39, 0.29) is 29.6 Å². The molecule has 0 saturated carbocycles. The Morgan fingerprint density at radius 3 is 2.00 bits per heavy atom. The second kappa shape index (κ2) is 9.81. The maximum Gasteiger partial charge on any atom is 0.252 e. The molecular formula is C19H29N3O3. The van der Waals surface area contributed by atoms with Crippen molar-refractivity contribution < 1.29 is 14.4 Å². The number of carbonyl (C=O) groups excluding carboxylic acids is 3. The van der Waals surface area contributed by atoms with Gasteiger partial charge < -0.3 is 16.0 Å². The van der Waals surface area contributed by atoms with Gasteiger partial charge in [-0.05, 0) is 24.5 Å². The largest absolute Gasteiger partial charge is 0.354 e. The van der Waals surface area contributed by atoms with E-state index in [2.05, 4.69) is 16.0 Å². The summed E-state index contributed by atoms with van der Waals surface area (Å²) in [6.45, 7) is 9.91. The molecular weight excluding hydrogens is 318 g/mol. The SMILES string of the molecule is Cc1ccccc1C(=O)NC(C(=O)NCCNC(=O)C(C)C)C(C)C. The molecule has 1 aromatic rings. The zero-order valence-corrected chi connectivity index (χ0v) is 15.7. The Kier molecular flexibility index (Phi) is 8.11. The van der Waals surface area contributed by atoms with Crippen molar-refractivity contribution in [2.24, 2.45) is 11.8 Å². The van der Waals surface area contributed by atoms with Crippen molar-refractivity contribution in [3.63, 3.8) is 0 Å². The van der Waals surface area contributed by atoms with E-state index in [1.165, 1.54) is 0 Å². The van der Waals surface area contributed by atoms with Crippen molar-refractivity contribution in [2.75, 3.05) is 13.1 Å². The average molecular weight is 347 g/mol. The van der Waals surface area contributed by atoms with Gasteiger partial charge in [0.1, 0.15) is 6.04 Å². The van der Waals surface area contributed by atoms with Gasteiger partial charge in [-0.15, -0.1) is 0 Å². The van der Waals surface area contributed by atoms with E-state index >= 15 is 0 Å². The third-order valence-corrected chi connectivity index (χ3v) is 3.87. The van der Waals surface area contributed by atoms with Gasteiger partial charge in [0.25, 0.3) is 5.91 Å². The predicted molar refractivity (Wildman–Crippen MR) is 98.1 cm³/mol. The van der Waals surface area contributed by atoms with Gasteiger partial charge in [-0.1, -0.05) is 45.9 Å². The monoisotopic (exact) mass is 347 g/mol. The van der Waals surface area contributed by atoms with Crippen molar-refractivity contribution in [3.05, 3.63) is 35.4 Å². The van der Waals surface area contributed by atoms with Crippen LogP contribution in [-0.4, -0.2) is 36.9 Å². The predicted octanol–water partition coefficient (Wildman–Crippen LogP) is 1.64. The Morgan fingerprint density at radius 1 is 0.920 bits per heavy atom. The number of hydrogen-bond donors (Lipinski definition) is 3. The van der Waals surface area contributed by atoms with E-state index in [1.54, 1.807) is 12.1 Å². The molecule has 1 rings (SSSR count). The Balaban J connectivity index is 2.58. The van der Waals surface area contributed by atoms with E-state index in [0.29, 0.717) is 18.7 Å². The van der Waals surface area contributed by atoms with Crippen LogP contribution in [0.2, 0.25) is 0 Å². The summed E-state index contributed by atoms with van der Waals surface area (Å²) in [5, 5.41) is 8.30. The maximum absolute atomic E-state index is 12.4. The van der Waals surface area contributed by atoms with Gasteiger partial charge >= 0.3 is 0 Å². The smallest absolute Gasteiger partial charge is 0.252 e. The molecule has 0 aliphatic rings. The summed E-state index contributed by atoms with van der Waals surface area (Å²) >= 11 is 0. The van der Waals surface area contributed by atoms with Crippen LogP contribution in [0.5, 0.6) is 0 Å². The van der Waals surface area contributed by atoms with Crippen LogP contribution in [0.25, 0.3) is 0 Å². The van der Waals surface area contributed by atoms with Gasteiger partial charge in [0.2, 0.25) is 11.8 Å². The fraction of sp³-hybridized carbons (Fsp3) is 0.526. The summed E-state index contributed by atoms with van der Waals surface area (Å²) in [7, 11) is 0. The van der Waals surface area contributed by atoms with Crippen LogP contribution in [0.15, 0.2) is 24.3 Å². The molecule has 0 aliphatic carbocycles. The van der Waals surface area contributed by atoms with Crippen LogP contribution >= 0.6 is 0 Å². The highest BCUT2D eigenvalue weighted by atomic mass is 16.2. The zero-order valence-electron chi connectivity index (χ0n) is 15.7. The van der Waals surface area contributed by atoms with Gasteiger partial charge in [-0.25, -0.2) is 0 Å². The van der Waals surface area contributed by atoms with Crippen molar-refractivity contribution >= 4 is 17.7 Å². The Hall–Kier alpha value is -2.37. The van der Waals surface area contributed by atoms with Gasteiger partial charge in [0.15, 0.2) is 0 Å². The summed E-state index contributed by atoms with van der Waals surface area (Å²) < 4.78 is 0. The molecule has 0 heterocycles. The minimum Gasteiger partial charge on any atom is -0.354 e. The molecule has 6 nitrogen and oxygen atoms in total. The first-order valence-corrected chi connectivity index (χ1v) is 8.66. The lowest BCUT2D eigenvalue weighted by Crippen LogP contribution is -2.51. The van der Waals surface area contributed by atoms with E-state index < -0.39 is 6.04 Å². The summed E-state index contributed by atoms with van der Waals surface area (Å²) in [6.07, 6.45) is 0. The molecule has 0 aliphatic heterocycles. The number of amides is 3. The van der Waals surface area contributed by atoms with Crippen LogP contribution < -0.4 is 16.0 Å². The molecule has 0 aromatic heterocycles. The van der Waals surface area contributed by atoms with Crippen molar-refractivity contribution in [2.45, 2.75) is 40.7 Å². The number of nitrogens with one attached hydrogen (secondary N) is 3. The van der Waals surface area contributed by atoms with Crippen molar-refractivity contribution in [1.82, 2.24) is 16.0 Å². The Morgan fingerprint density at radius 2 is 1.48 bits per heavy atom. The van der Waals surface area contributed by atoms with E-state index in [4.69, 9.17) is 0 Å².